The van der Waals surface area contributed by atoms with Crippen LogP contribution in [0.25, 0.3) is 11.3 Å². The van der Waals surface area contributed by atoms with Crippen LogP contribution >= 0.6 is 43.6 Å². The van der Waals surface area contributed by atoms with Crippen LogP contribution in [-0.4, -0.2) is 4.57 Å². The van der Waals surface area contributed by atoms with E-state index >= 15 is 0 Å². The second kappa shape index (κ2) is 8.13. The number of nitriles is 1. The minimum Gasteiger partial charge on any atom is -0.323 e. The minimum atomic E-state index is -4.40. The molecule has 27 heavy (non-hydrogen) atoms. The summed E-state index contributed by atoms with van der Waals surface area (Å²) in [6, 6.07) is 16.7. The van der Waals surface area contributed by atoms with E-state index in [-0.39, 0.29) is 0 Å². The van der Waals surface area contributed by atoms with Gasteiger partial charge >= 0.3 is 6.18 Å². The lowest BCUT2D eigenvalue weighted by atomic mass is 10.1. The molecule has 0 aliphatic carbocycles. The zero-order valence-corrected chi connectivity index (χ0v) is 17.6. The largest absolute Gasteiger partial charge is 0.416 e. The molecule has 8 heteroatoms. The third-order valence-corrected chi connectivity index (χ3v) is 6.97. The second-order valence-corrected chi connectivity index (χ2v) is 8.09. The van der Waals surface area contributed by atoms with E-state index in [2.05, 4.69) is 37.9 Å². The first-order valence-electron chi connectivity index (χ1n) is 7.66. The van der Waals surface area contributed by atoms with Crippen molar-refractivity contribution >= 4 is 43.6 Å². The Kier molecular flexibility index (Phi) is 6.04. The highest BCUT2D eigenvalue weighted by molar-refractivity contribution is 9.13. The predicted octanol–water partition coefficient (Wildman–Crippen LogP) is 7.32. The van der Waals surface area contributed by atoms with Crippen LogP contribution in [0, 0.1) is 11.3 Å². The van der Waals surface area contributed by atoms with Gasteiger partial charge in [-0.05, 0) is 61.7 Å². The van der Waals surface area contributed by atoms with Crippen molar-refractivity contribution in [2.75, 3.05) is 0 Å². The summed E-state index contributed by atoms with van der Waals surface area (Å²) < 4.78 is 41.6. The lowest BCUT2D eigenvalue weighted by molar-refractivity contribution is -0.137. The molecule has 0 aliphatic heterocycles. The van der Waals surface area contributed by atoms with Crippen LogP contribution in [0.5, 0.6) is 0 Å². The summed E-state index contributed by atoms with van der Waals surface area (Å²) in [4.78, 5) is 1.05. The van der Waals surface area contributed by atoms with Gasteiger partial charge < -0.3 is 4.57 Å². The van der Waals surface area contributed by atoms with Gasteiger partial charge in [0, 0.05) is 4.90 Å². The number of aromatic nitrogens is 1. The van der Waals surface area contributed by atoms with Gasteiger partial charge in [-0.25, -0.2) is 0 Å². The molecule has 0 radical (unpaired) electrons. The molecule has 0 amide bonds. The highest BCUT2D eigenvalue weighted by Gasteiger charge is 2.30. The average Bonchev–Trinajstić information content (AvgIpc) is 2.90. The van der Waals surface area contributed by atoms with Gasteiger partial charge in [0.15, 0.2) is 0 Å². The highest BCUT2D eigenvalue weighted by atomic mass is 79.9. The van der Waals surface area contributed by atoms with Crippen LogP contribution in [0.4, 0.5) is 13.2 Å². The van der Waals surface area contributed by atoms with E-state index in [4.69, 9.17) is 0 Å². The average molecular weight is 516 g/mol. The van der Waals surface area contributed by atoms with Gasteiger partial charge in [-0.2, -0.15) is 18.4 Å². The summed E-state index contributed by atoms with van der Waals surface area (Å²) in [6.45, 7) is 0. The van der Waals surface area contributed by atoms with Crippen LogP contribution in [0.15, 0.2) is 68.6 Å². The number of thioether (sulfide) groups is 1. The summed E-state index contributed by atoms with van der Waals surface area (Å²) in [5.41, 5.74) is 0.753. The van der Waals surface area contributed by atoms with Crippen LogP contribution in [0.1, 0.15) is 11.1 Å². The SMILES string of the molecule is N#Cc1c(Br)c(Br)n(CSc2ccccc2)c1-c1ccc(C(F)(F)F)cc1. The molecule has 1 heterocycles. The van der Waals surface area contributed by atoms with E-state index in [1.165, 1.54) is 12.1 Å². The van der Waals surface area contributed by atoms with Gasteiger partial charge in [0.05, 0.1) is 27.2 Å². The summed E-state index contributed by atoms with van der Waals surface area (Å²) in [5, 5.41) is 9.57. The third-order valence-electron chi connectivity index (χ3n) is 3.85. The van der Waals surface area contributed by atoms with Crippen molar-refractivity contribution in [3.05, 3.63) is 74.8 Å². The first kappa shape index (κ1) is 20.1. The zero-order chi connectivity index (χ0) is 19.6. The topological polar surface area (TPSA) is 28.7 Å². The van der Waals surface area contributed by atoms with Crippen molar-refractivity contribution in [1.29, 1.82) is 5.26 Å². The van der Waals surface area contributed by atoms with E-state index in [0.29, 0.717) is 31.8 Å². The minimum absolute atomic E-state index is 0.371. The predicted molar refractivity (Wildman–Crippen MR) is 107 cm³/mol. The van der Waals surface area contributed by atoms with Crippen molar-refractivity contribution in [3.8, 4) is 17.3 Å². The molecular weight excluding hydrogens is 505 g/mol. The molecule has 0 saturated carbocycles. The first-order chi connectivity index (χ1) is 12.8. The number of alkyl halides is 3. The van der Waals surface area contributed by atoms with Crippen molar-refractivity contribution < 1.29 is 13.2 Å². The molecule has 138 valence electrons. The quantitative estimate of drug-likeness (QED) is 0.340. The van der Waals surface area contributed by atoms with E-state index in [1.54, 1.807) is 11.8 Å². The summed E-state index contributed by atoms with van der Waals surface area (Å²) >= 11 is 8.44. The first-order valence-corrected chi connectivity index (χ1v) is 10.2. The number of nitrogens with zero attached hydrogens (tertiary/aromatic N) is 2. The molecule has 0 bridgehead atoms. The molecule has 0 atom stereocenters. The third kappa shape index (κ3) is 4.26. The van der Waals surface area contributed by atoms with E-state index < -0.39 is 11.7 Å². The lowest BCUT2D eigenvalue weighted by Gasteiger charge is -2.12. The van der Waals surface area contributed by atoms with E-state index in [0.717, 1.165) is 17.0 Å². The number of benzene rings is 2. The Morgan fingerprint density at radius 2 is 1.63 bits per heavy atom. The van der Waals surface area contributed by atoms with Gasteiger partial charge in [0.25, 0.3) is 0 Å². The Balaban J connectivity index is 2.03. The Morgan fingerprint density at radius 1 is 1.00 bits per heavy atom. The van der Waals surface area contributed by atoms with Gasteiger partial charge in [0.1, 0.15) is 10.7 Å². The van der Waals surface area contributed by atoms with Crippen molar-refractivity contribution in [2.24, 2.45) is 0 Å². The number of rotatable bonds is 4. The molecule has 1 aromatic heterocycles. The van der Waals surface area contributed by atoms with Crippen molar-refractivity contribution in [3.63, 3.8) is 0 Å². The fourth-order valence-corrected chi connectivity index (χ4v) is 4.60. The molecule has 0 saturated heterocycles. The molecule has 0 spiro atoms. The van der Waals surface area contributed by atoms with E-state index in [9.17, 15) is 18.4 Å². The molecule has 2 nitrogen and oxygen atoms in total. The molecule has 3 rings (SSSR count). The molecular formula is C19H11Br2F3N2S. The van der Waals surface area contributed by atoms with Crippen LogP contribution in [-0.2, 0) is 12.1 Å². The van der Waals surface area contributed by atoms with Crippen LogP contribution < -0.4 is 0 Å². The Bertz CT molecular complexity index is 991. The molecule has 0 unspecified atom stereocenters. The van der Waals surface area contributed by atoms with Gasteiger partial charge in [-0.1, -0.05) is 30.3 Å². The fraction of sp³-hybridized carbons (Fsp3) is 0.105. The number of hydrogen-bond acceptors (Lipinski definition) is 2. The number of halogens is 5. The Labute approximate surface area is 175 Å². The monoisotopic (exact) mass is 514 g/mol. The summed E-state index contributed by atoms with van der Waals surface area (Å²) in [5.74, 6) is 0.487. The number of hydrogen-bond donors (Lipinski definition) is 0. The normalized spacial score (nSPS) is 11.4. The molecule has 0 aliphatic rings. The molecule has 2 aromatic carbocycles. The maximum Gasteiger partial charge on any atom is 0.416 e. The fourth-order valence-electron chi connectivity index (χ4n) is 2.56. The maximum atomic E-state index is 12.8. The van der Waals surface area contributed by atoms with Crippen LogP contribution in [0.2, 0.25) is 0 Å². The standard InChI is InChI=1S/C19H11Br2F3N2S/c20-16-15(10-25)17(12-6-8-13(9-7-12)19(22,23)24)26(18(16)21)11-27-14-4-2-1-3-5-14/h1-9H,11H2. The lowest BCUT2D eigenvalue weighted by Crippen LogP contribution is -2.04. The summed E-state index contributed by atoms with van der Waals surface area (Å²) in [7, 11) is 0. The molecule has 3 aromatic rings. The molecule has 0 fully saturated rings. The molecule has 0 N–H and O–H groups in total. The zero-order valence-electron chi connectivity index (χ0n) is 13.6. The van der Waals surface area contributed by atoms with Gasteiger partial charge in [0.2, 0.25) is 0 Å². The highest BCUT2D eigenvalue weighted by Crippen LogP contribution is 2.40. The van der Waals surface area contributed by atoms with Gasteiger partial charge in [-0.15, -0.1) is 11.8 Å². The Hall–Kier alpha value is -1.69. The maximum absolute atomic E-state index is 12.8. The van der Waals surface area contributed by atoms with Crippen molar-refractivity contribution in [1.82, 2.24) is 4.57 Å². The van der Waals surface area contributed by atoms with Crippen LogP contribution in [0.3, 0.4) is 0 Å². The second-order valence-electron chi connectivity index (χ2n) is 5.53. The smallest absolute Gasteiger partial charge is 0.323 e. The summed E-state index contributed by atoms with van der Waals surface area (Å²) in [6.07, 6.45) is -4.40. The van der Waals surface area contributed by atoms with Crippen molar-refractivity contribution in [2.45, 2.75) is 16.9 Å². The van der Waals surface area contributed by atoms with Gasteiger partial charge in [-0.3, -0.25) is 0 Å². The Morgan fingerprint density at radius 3 is 2.19 bits per heavy atom. The van der Waals surface area contributed by atoms with E-state index in [1.807, 2.05) is 34.9 Å².